The molecule has 202 valence electrons. The first-order valence-corrected chi connectivity index (χ1v) is 12.8. The summed E-state index contributed by atoms with van der Waals surface area (Å²) in [6.07, 6.45) is 5.07. The molecular weight excluding hydrogens is 506 g/mol. The predicted octanol–water partition coefficient (Wildman–Crippen LogP) is 6.73. The van der Waals surface area contributed by atoms with Crippen LogP contribution in [0, 0.1) is 28.7 Å². The zero-order valence-electron chi connectivity index (χ0n) is 22.1. The lowest BCUT2D eigenvalue weighted by Crippen LogP contribution is -2.39. The first kappa shape index (κ1) is 28.0. The van der Waals surface area contributed by atoms with Crippen molar-refractivity contribution >= 4 is 35.5 Å². The number of nitrogens with one attached hydrogen (secondary N) is 1. The lowest BCUT2D eigenvalue weighted by Gasteiger charge is -2.29. The molecule has 0 unspecified atom stereocenters. The number of anilines is 1. The van der Waals surface area contributed by atoms with Crippen molar-refractivity contribution in [3.05, 3.63) is 76.6 Å². The van der Waals surface area contributed by atoms with Gasteiger partial charge < -0.3 is 15.0 Å². The molecule has 0 radical (unpaired) electrons. The molecule has 0 aliphatic carbocycles. The van der Waals surface area contributed by atoms with Crippen LogP contribution in [0.25, 0.3) is 11.1 Å². The molecule has 0 bridgehead atoms. The second-order valence-corrected chi connectivity index (χ2v) is 10.7. The summed E-state index contributed by atoms with van der Waals surface area (Å²) in [7, 11) is 0. The number of rotatable bonds is 4. The van der Waals surface area contributed by atoms with Crippen molar-refractivity contribution < 1.29 is 27.5 Å². The number of amides is 2. The van der Waals surface area contributed by atoms with E-state index in [1.165, 1.54) is 29.2 Å². The smallest absolute Gasteiger partial charge is 0.410 e. The summed E-state index contributed by atoms with van der Waals surface area (Å²) in [5.41, 5.74) is 0.680. The number of ether oxygens (including phenoxy) is 1. The Balaban J connectivity index is 1.45. The number of hydrogen-bond donors (Lipinski definition) is 1. The zero-order valence-corrected chi connectivity index (χ0v) is 22.1. The van der Waals surface area contributed by atoms with Crippen molar-refractivity contribution in [1.82, 2.24) is 4.90 Å². The van der Waals surface area contributed by atoms with E-state index in [-0.39, 0.29) is 36.6 Å². The summed E-state index contributed by atoms with van der Waals surface area (Å²) < 4.78 is 50.1. The van der Waals surface area contributed by atoms with Crippen LogP contribution in [0.2, 0.25) is 12.6 Å². The average Bonchev–Trinajstić information content (AvgIpc) is 2.90. The second kappa shape index (κ2) is 11.4. The third-order valence-electron chi connectivity index (χ3n) is 6.71. The highest BCUT2D eigenvalue weighted by Gasteiger charge is 2.26. The van der Waals surface area contributed by atoms with Crippen molar-refractivity contribution in [2.45, 2.75) is 51.9 Å². The Kier molecular flexibility index (Phi) is 8.19. The summed E-state index contributed by atoms with van der Waals surface area (Å²) in [5.74, 6) is -1.52. The van der Waals surface area contributed by atoms with Gasteiger partial charge in [-0.1, -0.05) is 24.5 Å². The van der Waals surface area contributed by atoms with Crippen molar-refractivity contribution in [2.75, 3.05) is 18.4 Å². The fourth-order valence-electron chi connectivity index (χ4n) is 4.61. The first-order chi connectivity index (χ1) is 18.5. The number of nitrogens with zero attached hydrogens (tertiary/aromatic N) is 2. The molecule has 0 aromatic heterocycles. The molecule has 6 nitrogen and oxygen atoms in total. The van der Waals surface area contributed by atoms with Gasteiger partial charge in [0, 0.05) is 35.7 Å². The normalized spacial score (nSPS) is 15.7. The van der Waals surface area contributed by atoms with Crippen LogP contribution < -0.4 is 5.32 Å². The number of carbonyl (C=O) groups is 2. The van der Waals surface area contributed by atoms with Crippen LogP contribution in [0.4, 0.5) is 23.7 Å². The maximum absolute atomic E-state index is 15.0. The molecule has 0 saturated heterocycles. The van der Waals surface area contributed by atoms with Crippen molar-refractivity contribution in [2.24, 2.45) is 0 Å². The minimum atomic E-state index is -1.23. The van der Waals surface area contributed by atoms with E-state index >= 15 is 0 Å². The van der Waals surface area contributed by atoms with E-state index in [0.29, 0.717) is 36.6 Å². The Labute approximate surface area is 226 Å². The zero-order chi connectivity index (χ0) is 28.3. The van der Waals surface area contributed by atoms with Crippen LogP contribution in [0.1, 0.15) is 55.1 Å². The summed E-state index contributed by atoms with van der Waals surface area (Å²) in [6, 6.07) is 6.61. The third-order valence-corrected chi connectivity index (χ3v) is 6.71. The van der Waals surface area contributed by atoms with E-state index < -0.39 is 35.1 Å². The van der Waals surface area contributed by atoms with E-state index in [2.05, 4.69) is 11.3 Å². The van der Waals surface area contributed by atoms with Crippen LogP contribution in [0.5, 0.6) is 0 Å². The van der Waals surface area contributed by atoms with E-state index in [0.717, 1.165) is 11.6 Å². The highest BCUT2D eigenvalue weighted by molar-refractivity contribution is 6.67. The summed E-state index contributed by atoms with van der Waals surface area (Å²) >= 11 is 0. The molecule has 10 heteroatoms. The molecule has 0 saturated carbocycles. The Morgan fingerprint density at radius 1 is 1.03 bits per heavy atom. The van der Waals surface area contributed by atoms with Gasteiger partial charge in [-0.15, -0.1) is 0 Å². The van der Waals surface area contributed by atoms with Crippen LogP contribution in [0.3, 0.4) is 0 Å². The van der Waals surface area contributed by atoms with Gasteiger partial charge in [0.15, 0.2) is 11.6 Å². The van der Waals surface area contributed by atoms with Gasteiger partial charge >= 0.3 is 6.09 Å². The Morgan fingerprint density at radius 3 is 2.33 bits per heavy atom. The molecule has 2 aliphatic rings. The molecular formula is C29H29BF3N3O3. The van der Waals surface area contributed by atoms with Gasteiger partial charge in [0.1, 0.15) is 11.4 Å². The highest BCUT2D eigenvalue weighted by atomic mass is 19.2. The van der Waals surface area contributed by atoms with Gasteiger partial charge in [0.05, 0.1) is 5.69 Å². The fourth-order valence-corrected chi connectivity index (χ4v) is 4.61. The summed E-state index contributed by atoms with van der Waals surface area (Å²) in [6.45, 7) is 5.70. The molecule has 2 aliphatic heterocycles. The fraction of sp³-hybridized carbons (Fsp3) is 0.345. The molecule has 2 amide bonds. The minimum Gasteiger partial charge on any atom is -0.444 e. The topological polar surface area (TPSA) is 82.4 Å². The number of carbonyl (C=O) groups excluding carboxylic acids is 2. The van der Waals surface area contributed by atoms with Gasteiger partial charge in [-0.25, -0.2) is 23.2 Å². The Hall–Kier alpha value is -4.00. The molecule has 0 spiro atoms. The molecule has 0 fully saturated rings. The SMILES string of the molecule is CC(C)(C)OC(=O)N1CC=C(c2ccc(NC(=O)c3ccc(C4=CCB(C#N)CC4)c(F)c3)c(F)c2F)CC1. The second-order valence-electron chi connectivity index (χ2n) is 10.7. The molecule has 2 aromatic carbocycles. The van der Waals surface area contributed by atoms with Gasteiger partial charge in [-0.2, -0.15) is 0 Å². The molecule has 2 aromatic rings. The van der Waals surface area contributed by atoms with Gasteiger partial charge in [-0.05, 0) is 75.3 Å². The maximum atomic E-state index is 15.0. The lowest BCUT2D eigenvalue weighted by atomic mass is 9.43. The number of allylic oxidation sites excluding steroid dienone is 2. The number of hydrogen-bond acceptors (Lipinski definition) is 4. The average molecular weight is 535 g/mol. The molecule has 1 N–H and O–H groups in total. The molecule has 39 heavy (non-hydrogen) atoms. The van der Waals surface area contributed by atoms with E-state index in [9.17, 15) is 22.8 Å². The van der Waals surface area contributed by atoms with Crippen molar-refractivity contribution in [3.8, 4) is 5.97 Å². The van der Waals surface area contributed by atoms with E-state index in [1.807, 2.05) is 6.08 Å². The Bertz CT molecular complexity index is 1410. The lowest BCUT2D eigenvalue weighted by molar-refractivity contribution is 0.0270. The van der Waals surface area contributed by atoms with E-state index in [1.54, 1.807) is 26.8 Å². The van der Waals surface area contributed by atoms with Crippen LogP contribution in [-0.2, 0) is 4.74 Å². The molecule has 0 atom stereocenters. The number of benzene rings is 2. The third kappa shape index (κ3) is 6.54. The number of halogens is 3. The maximum Gasteiger partial charge on any atom is 0.410 e. The van der Waals surface area contributed by atoms with Crippen LogP contribution in [-0.4, -0.2) is 42.3 Å². The predicted molar refractivity (Wildman–Crippen MR) is 145 cm³/mol. The summed E-state index contributed by atoms with van der Waals surface area (Å²) in [4.78, 5) is 26.4. The first-order valence-electron chi connectivity index (χ1n) is 12.8. The highest BCUT2D eigenvalue weighted by Crippen LogP contribution is 2.32. The van der Waals surface area contributed by atoms with Crippen LogP contribution in [0.15, 0.2) is 42.5 Å². The quantitative estimate of drug-likeness (QED) is 0.441. The molecule has 2 heterocycles. The Morgan fingerprint density at radius 2 is 1.74 bits per heavy atom. The van der Waals surface area contributed by atoms with Gasteiger partial charge in [-0.3, -0.25) is 4.79 Å². The van der Waals surface area contributed by atoms with Crippen LogP contribution >= 0.6 is 0 Å². The largest absolute Gasteiger partial charge is 0.444 e. The van der Waals surface area contributed by atoms with Crippen molar-refractivity contribution in [3.63, 3.8) is 0 Å². The van der Waals surface area contributed by atoms with Crippen molar-refractivity contribution in [1.29, 1.82) is 5.26 Å². The van der Waals surface area contributed by atoms with Gasteiger partial charge in [0.2, 0.25) is 0 Å². The molecule has 4 rings (SSSR count). The van der Waals surface area contributed by atoms with Gasteiger partial charge in [0.25, 0.3) is 12.6 Å². The minimum absolute atomic E-state index is 0.0383. The number of nitriles is 1. The van der Waals surface area contributed by atoms with E-state index in [4.69, 9.17) is 10.00 Å². The summed E-state index contributed by atoms with van der Waals surface area (Å²) in [5, 5.41) is 11.4. The standard InChI is InChI=1S/C29H29BF3N3O3/c1-29(2,3)39-28(38)36-14-10-19(11-15-36)22-6-7-24(26(33)25(22)32)35-27(37)20-4-5-21(23(31)16-20)18-8-12-30(17-34)13-9-18/h4-8,10,16H,9,11-15H2,1-3H3,(H,35,37). The monoisotopic (exact) mass is 535 g/mol.